The lowest BCUT2D eigenvalue weighted by Crippen LogP contribution is -2.33. The largest absolute Gasteiger partial charge is 0.329 e. The van der Waals surface area contributed by atoms with Crippen LogP contribution in [0.3, 0.4) is 0 Å². The Morgan fingerprint density at radius 3 is 2.77 bits per heavy atom. The Morgan fingerprint density at radius 2 is 2.18 bits per heavy atom. The highest BCUT2D eigenvalue weighted by atomic mass is 32.2. The van der Waals surface area contributed by atoms with Gasteiger partial charge in [0.1, 0.15) is 5.82 Å². The molecule has 0 atom stereocenters. The van der Waals surface area contributed by atoms with Crippen molar-refractivity contribution in [2.24, 2.45) is 7.05 Å². The van der Waals surface area contributed by atoms with E-state index < -0.39 is 0 Å². The molecule has 7 heteroatoms. The molecule has 0 spiro atoms. The Labute approximate surface area is 132 Å². The Hall–Kier alpha value is -2.33. The number of nitrogens with zero attached hydrogens (tertiary/aromatic N) is 4. The Kier molecular flexibility index (Phi) is 5.55. The van der Waals surface area contributed by atoms with Crippen LogP contribution in [0.15, 0.2) is 41.8 Å². The lowest BCUT2D eigenvalue weighted by Gasteiger charge is -2.21. The maximum absolute atomic E-state index is 13.0. The van der Waals surface area contributed by atoms with Crippen LogP contribution in [-0.4, -0.2) is 27.8 Å². The third-order valence-corrected chi connectivity index (χ3v) is 4.03. The quantitative estimate of drug-likeness (QED) is 0.768. The molecule has 0 N–H and O–H groups in total. The number of carbonyl (C=O) groups excluding carboxylic acids is 1. The molecule has 0 aliphatic carbocycles. The maximum Gasteiger partial charge on any atom is 0.237 e. The zero-order chi connectivity index (χ0) is 15.9. The molecule has 1 amide bonds. The van der Waals surface area contributed by atoms with Gasteiger partial charge in [-0.25, -0.2) is 9.37 Å². The molecule has 114 valence electrons. The van der Waals surface area contributed by atoms with E-state index in [1.165, 1.54) is 40.9 Å². The van der Waals surface area contributed by atoms with Crippen LogP contribution >= 0.6 is 11.8 Å². The van der Waals surface area contributed by atoms with Crippen molar-refractivity contribution in [2.75, 3.05) is 17.2 Å². The summed E-state index contributed by atoms with van der Waals surface area (Å²) in [5.41, 5.74) is 0.585. The minimum Gasteiger partial charge on any atom is -0.329 e. The van der Waals surface area contributed by atoms with Crippen molar-refractivity contribution in [3.8, 4) is 6.07 Å². The normalized spacial score (nSPS) is 10.2. The van der Waals surface area contributed by atoms with E-state index in [4.69, 9.17) is 5.26 Å². The molecule has 0 aliphatic heterocycles. The number of imidazole rings is 1. The fourth-order valence-corrected chi connectivity index (χ4v) is 2.68. The summed E-state index contributed by atoms with van der Waals surface area (Å²) in [6.07, 6.45) is 3.69. The van der Waals surface area contributed by atoms with Crippen LogP contribution in [0, 0.1) is 17.1 Å². The van der Waals surface area contributed by atoms with E-state index in [1.807, 2.05) is 17.7 Å². The summed E-state index contributed by atoms with van der Waals surface area (Å²) >= 11 is 1.33. The molecule has 0 saturated heterocycles. The predicted molar refractivity (Wildman–Crippen MR) is 82.9 cm³/mol. The van der Waals surface area contributed by atoms with Gasteiger partial charge >= 0.3 is 0 Å². The number of carbonyl (C=O) groups is 1. The highest BCUT2D eigenvalue weighted by Crippen LogP contribution is 2.19. The first-order valence-electron chi connectivity index (χ1n) is 6.65. The number of aryl methyl sites for hydroxylation is 1. The number of anilines is 1. The molecule has 0 bridgehead atoms. The second-order valence-corrected chi connectivity index (χ2v) is 5.48. The van der Waals surface area contributed by atoms with E-state index in [-0.39, 0.29) is 30.4 Å². The Balaban J connectivity index is 2.07. The standard InChI is InChI=1S/C15H15FN4OS/c1-19-10-8-18-15(19)22-11-14(21)20(9-2-7-17)13-5-3-12(16)4-6-13/h3-6,8,10H,2,9,11H2,1H3. The molecule has 0 unspecified atom stereocenters. The molecule has 5 nitrogen and oxygen atoms in total. The number of thioether (sulfide) groups is 1. The zero-order valence-corrected chi connectivity index (χ0v) is 12.9. The van der Waals surface area contributed by atoms with E-state index in [1.54, 1.807) is 12.4 Å². The number of rotatable bonds is 6. The van der Waals surface area contributed by atoms with Crippen molar-refractivity contribution < 1.29 is 9.18 Å². The first-order chi connectivity index (χ1) is 10.6. The van der Waals surface area contributed by atoms with E-state index >= 15 is 0 Å². The fourth-order valence-electron chi connectivity index (χ4n) is 1.88. The number of nitriles is 1. The number of hydrogen-bond donors (Lipinski definition) is 0. The predicted octanol–water partition coefficient (Wildman–Crippen LogP) is 2.60. The highest BCUT2D eigenvalue weighted by molar-refractivity contribution is 7.99. The smallest absolute Gasteiger partial charge is 0.237 e. The summed E-state index contributed by atoms with van der Waals surface area (Å²) in [4.78, 5) is 18.1. The lowest BCUT2D eigenvalue weighted by atomic mass is 10.2. The summed E-state index contributed by atoms with van der Waals surface area (Å²) in [5, 5.41) is 9.48. The molecule has 1 aromatic heterocycles. The number of aromatic nitrogens is 2. The lowest BCUT2D eigenvalue weighted by molar-refractivity contribution is -0.116. The molecule has 22 heavy (non-hydrogen) atoms. The van der Waals surface area contributed by atoms with Gasteiger partial charge in [-0.2, -0.15) is 5.26 Å². The number of halogens is 1. The van der Waals surface area contributed by atoms with Crippen molar-refractivity contribution in [3.63, 3.8) is 0 Å². The molecule has 0 radical (unpaired) electrons. The monoisotopic (exact) mass is 318 g/mol. The molecular weight excluding hydrogens is 303 g/mol. The SMILES string of the molecule is Cn1ccnc1SCC(=O)N(CCC#N)c1ccc(F)cc1. The molecule has 2 rings (SSSR count). The summed E-state index contributed by atoms with van der Waals surface area (Å²) in [5.74, 6) is -0.304. The molecule has 2 aromatic rings. The minimum atomic E-state index is -0.362. The van der Waals surface area contributed by atoms with Gasteiger partial charge < -0.3 is 9.47 Å². The van der Waals surface area contributed by atoms with E-state index in [9.17, 15) is 9.18 Å². The third-order valence-electron chi connectivity index (χ3n) is 2.99. The number of hydrogen-bond acceptors (Lipinski definition) is 4. The van der Waals surface area contributed by atoms with Gasteiger partial charge in [0.15, 0.2) is 5.16 Å². The van der Waals surface area contributed by atoms with Crippen LogP contribution in [0.4, 0.5) is 10.1 Å². The molecule has 1 aromatic carbocycles. The van der Waals surface area contributed by atoms with Crippen molar-refractivity contribution in [3.05, 3.63) is 42.5 Å². The molecule has 0 aliphatic rings. The second kappa shape index (κ2) is 7.61. The summed E-state index contributed by atoms with van der Waals surface area (Å²) < 4.78 is 14.8. The van der Waals surface area contributed by atoms with Crippen LogP contribution in [0.5, 0.6) is 0 Å². The highest BCUT2D eigenvalue weighted by Gasteiger charge is 2.16. The third kappa shape index (κ3) is 4.09. The first kappa shape index (κ1) is 16.0. The Bertz CT molecular complexity index is 678. The first-order valence-corrected chi connectivity index (χ1v) is 7.63. The van der Waals surface area contributed by atoms with Crippen LogP contribution in [-0.2, 0) is 11.8 Å². The average molecular weight is 318 g/mol. The summed E-state index contributed by atoms with van der Waals surface area (Å²) in [7, 11) is 1.85. The van der Waals surface area contributed by atoms with Crippen LogP contribution in [0.2, 0.25) is 0 Å². The van der Waals surface area contributed by atoms with Gasteiger partial charge in [0, 0.05) is 31.7 Å². The summed E-state index contributed by atoms with van der Waals surface area (Å²) in [6, 6.07) is 7.70. The maximum atomic E-state index is 13.0. The van der Waals surface area contributed by atoms with Gasteiger partial charge in [0.2, 0.25) is 5.91 Å². The van der Waals surface area contributed by atoms with Crippen molar-refractivity contribution in [2.45, 2.75) is 11.6 Å². The minimum absolute atomic E-state index is 0.144. The fraction of sp³-hybridized carbons (Fsp3) is 0.267. The van der Waals surface area contributed by atoms with Crippen LogP contribution in [0.25, 0.3) is 0 Å². The molecular formula is C15H15FN4OS. The van der Waals surface area contributed by atoms with Gasteiger partial charge in [-0.3, -0.25) is 4.79 Å². The number of amides is 1. The van der Waals surface area contributed by atoms with Gasteiger partial charge in [-0.1, -0.05) is 11.8 Å². The van der Waals surface area contributed by atoms with Gasteiger partial charge in [-0.15, -0.1) is 0 Å². The van der Waals surface area contributed by atoms with E-state index in [2.05, 4.69) is 4.98 Å². The second-order valence-electron chi connectivity index (χ2n) is 4.54. The molecule has 1 heterocycles. The van der Waals surface area contributed by atoms with Gasteiger partial charge in [-0.05, 0) is 24.3 Å². The van der Waals surface area contributed by atoms with Crippen LogP contribution in [0.1, 0.15) is 6.42 Å². The van der Waals surface area contributed by atoms with Gasteiger partial charge in [0.25, 0.3) is 0 Å². The van der Waals surface area contributed by atoms with Crippen molar-refractivity contribution >= 4 is 23.4 Å². The van der Waals surface area contributed by atoms with Crippen LogP contribution < -0.4 is 4.90 Å². The number of benzene rings is 1. The van der Waals surface area contributed by atoms with Crippen molar-refractivity contribution in [1.29, 1.82) is 5.26 Å². The Morgan fingerprint density at radius 1 is 1.45 bits per heavy atom. The van der Waals surface area contributed by atoms with Crippen molar-refractivity contribution in [1.82, 2.24) is 9.55 Å². The molecule has 0 fully saturated rings. The van der Waals surface area contributed by atoms with Gasteiger partial charge in [0.05, 0.1) is 18.2 Å². The van der Waals surface area contributed by atoms with E-state index in [0.717, 1.165) is 5.16 Å². The van der Waals surface area contributed by atoms with E-state index in [0.29, 0.717) is 5.69 Å². The topological polar surface area (TPSA) is 61.9 Å². The summed E-state index contributed by atoms with van der Waals surface area (Å²) in [6.45, 7) is 0.280. The molecule has 0 saturated carbocycles. The average Bonchev–Trinajstić information content (AvgIpc) is 2.92. The zero-order valence-electron chi connectivity index (χ0n) is 12.1.